The van der Waals surface area contributed by atoms with Crippen molar-refractivity contribution >= 4 is 27.5 Å². The molecule has 41 heavy (non-hydrogen) atoms. The maximum atomic E-state index is 14.1. The fourth-order valence-corrected chi connectivity index (χ4v) is 5.80. The second-order valence-electron chi connectivity index (χ2n) is 10.9. The number of hydrogen-bond acceptors (Lipinski definition) is 5. The van der Waals surface area contributed by atoms with Crippen molar-refractivity contribution in [2.75, 3.05) is 17.5 Å². The van der Waals surface area contributed by atoms with E-state index >= 15 is 0 Å². The Hall–Kier alpha value is -3.85. The number of ether oxygens (including phenoxy) is 1. The molecule has 0 aliphatic carbocycles. The van der Waals surface area contributed by atoms with E-state index in [0.717, 1.165) is 15.4 Å². The highest BCUT2D eigenvalue weighted by molar-refractivity contribution is 7.92. The highest BCUT2D eigenvalue weighted by atomic mass is 32.2. The Balaban J connectivity index is 2.03. The Morgan fingerprint density at radius 2 is 1.51 bits per heavy atom. The number of rotatable bonds is 12. The van der Waals surface area contributed by atoms with E-state index in [2.05, 4.69) is 5.32 Å². The zero-order valence-corrected chi connectivity index (χ0v) is 25.6. The zero-order valence-electron chi connectivity index (χ0n) is 24.8. The van der Waals surface area contributed by atoms with Gasteiger partial charge in [0.1, 0.15) is 18.3 Å². The van der Waals surface area contributed by atoms with Gasteiger partial charge in [-0.2, -0.15) is 0 Å². The molecule has 0 heterocycles. The molecule has 220 valence electrons. The molecule has 0 saturated carbocycles. The highest BCUT2D eigenvalue weighted by Gasteiger charge is 2.34. The number of amides is 2. The van der Waals surface area contributed by atoms with Crippen LogP contribution in [0.5, 0.6) is 5.75 Å². The first kappa shape index (κ1) is 31.7. The van der Waals surface area contributed by atoms with Gasteiger partial charge in [0, 0.05) is 12.1 Å². The summed E-state index contributed by atoms with van der Waals surface area (Å²) in [6.07, 6.45) is 0.358. The lowest BCUT2D eigenvalue weighted by atomic mass is 10.1. The fourth-order valence-electron chi connectivity index (χ4n) is 4.39. The van der Waals surface area contributed by atoms with Crippen molar-refractivity contribution in [3.8, 4) is 5.75 Å². The van der Waals surface area contributed by atoms with Crippen LogP contribution < -0.4 is 14.4 Å². The highest BCUT2D eigenvalue weighted by Crippen LogP contribution is 2.26. The fraction of sp³-hybridized carbons (Fsp3) is 0.375. The summed E-state index contributed by atoms with van der Waals surface area (Å²) in [5.41, 5.74) is 1.75. The molecule has 0 aromatic heterocycles. The Bertz CT molecular complexity index is 1400. The predicted octanol–water partition coefficient (Wildman–Crippen LogP) is 5.31. The van der Waals surface area contributed by atoms with Crippen LogP contribution in [0, 0.1) is 6.92 Å². The van der Waals surface area contributed by atoms with Crippen LogP contribution in [-0.4, -0.2) is 49.9 Å². The smallest absolute Gasteiger partial charge is 0.264 e. The topological polar surface area (TPSA) is 96.0 Å². The standard InChI is InChI=1S/C32H41N3O5S/c1-7-29(31(37)33-32(4,5)6)34(22-25-16-14-24(3)15-17-25)30(36)23-35(26-12-10-9-11-13-26)41(38,39)28-20-18-27(19-21-28)40-8-2/h9-21,29H,7-8,22-23H2,1-6H3,(H,33,37). The van der Waals surface area contributed by atoms with Gasteiger partial charge in [0.25, 0.3) is 10.0 Å². The first-order valence-electron chi connectivity index (χ1n) is 13.8. The van der Waals surface area contributed by atoms with Crippen molar-refractivity contribution in [1.82, 2.24) is 10.2 Å². The molecule has 1 atom stereocenters. The number of anilines is 1. The summed E-state index contributed by atoms with van der Waals surface area (Å²) >= 11 is 0. The molecular weight excluding hydrogens is 538 g/mol. The van der Waals surface area contributed by atoms with E-state index in [1.807, 2.05) is 65.8 Å². The largest absolute Gasteiger partial charge is 0.494 e. The molecule has 2 amide bonds. The van der Waals surface area contributed by atoms with E-state index in [9.17, 15) is 18.0 Å². The maximum Gasteiger partial charge on any atom is 0.264 e. The summed E-state index contributed by atoms with van der Waals surface area (Å²) in [5.74, 6) is -0.227. The molecular formula is C32H41N3O5S. The molecule has 0 fully saturated rings. The van der Waals surface area contributed by atoms with E-state index in [-0.39, 0.29) is 17.3 Å². The van der Waals surface area contributed by atoms with E-state index in [1.165, 1.54) is 17.0 Å². The molecule has 0 radical (unpaired) electrons. The van der Waals surface area contributed by atoms with Crippen molar-refractivity contribution in [1.29, 1.82) is 0 Å². The van der Waals surface area contributed by atoms with E-state index < -0.39 is 34.1 Å². The van der Waals surface area contributed by atoms with Gasteiger partial charge in [-0.05, 0) is 83.0 Å². The average Bonchev–Trinajstić information content (AvgIpc) is 2.92. The SMILES string of the molecule is CCOc1ccc(S(=O)(=O)N(CC(=O)N(Cc2ccc(C)cc2)C(CC)C(=O)NC(C)(C)C)c2ccccc2)cc1. The number of benzene rings is 3. The van der Waals surface area contributed by atoms with Crippen molar-refractivity contribution in [3.05, 3.63) is 90.0 Å². The molecule has 0 aliphatic heterocycles. The van der Waals surface area contributed by atoms with Crippen molar-refractivity contribution in [2.45, 2.75) is 71.0 Å². The Morgan fingerprint density at radius 3 is 2.05 bits per heavy atom. The van der Waals surface area contributed by atoms with Crippen LogP contribution in [0.3, 0.4) is 0 Å². The lowest BCUT2D eigenvalue weighted by Crippen LogP contribution is -2.55. The Morgan fingerprint density at radius 1 is 0.902 bits per heavy atom. The Kier molecular flexibility index (Phi) is 10.6. The first-order valence-corrected chi connectivity index (χ1v) is 15.3. The van der Waals surface area contributed by atoms with Gasteiger partial charge in [-0.25, -0.2) is 8.42 Å². The zero-order chi connectivity index (χ0) is 30.2. The van der Waals surface area contributed by atoms with Crippen LogP contribution in [0.2, 0.25) is 0 Å². The molecule has 8 nitrogen and oxygen atoms in total. The van der Waals surface area contributed by atoms with Crippen molar-refractivity contribution < 1.29 is 22.7 Å². The number of nitrogens with zero attached hydrogens (tertiary/aromatic N) is 2. The van der Waals surface area contributed by atoms with Gasteiger partial charge < -0.3 is 15.0 Å². The summed E-state index contributed by atoms with van der Waals surface area (Å²) in [6, 6.07) is 21.5. The van der Waals surface area contributed by atoms with Crippen LogP contribution in [-0.2, 0) is 26.2 Å². The average molecular weight is 580 g/mol. The quantitative estimate of drug-likeness (QED) is 0.314. The maximum absolute atomic E-state index is 14.1. The van der Waals surface area contributed by atoms with Gasteiger partial charge in [0.05, 0.1) is 17.2 Å². The number of para-hydroxylation sites is 1. The molecule has 1 unspecified atom stereocenters. The molecule has 0 spiro atoms. The van der Waals surface area contributed by atoms with Gasteiger partial charge in [0.15, 0.2) is 0 Å². The summed E-state index contributed by atoms with van der Waals surface area (Å²) in [4.78, 5) is 29.0. The second-order valence-corrected chi connectivity index (χ2v) is 12.8. The van der Waals surface area contributed by atoms with Gasteiger partial charge in [-0.3, -0.25) is 13.9 Å². The number of carbonyl (C=O) groups is 2. The van der Waals surface area contributed by atoms with Crippen LogP contribution >= 0.6 is 0 Å². The monoisotopic (exact) mass is 579 g/mol. The molecule has 0 aliphatic rings. The molecule has 0 bridgehead atoms. The normalized spacial score (nSPS) is 12.3. The summed E-state index contributed by atoms with van der Waals surface area (Å²) < 4.78 is 34.5. The van der Waals surface area contributed by atoms with Gasteiger partial charge in [-0.1, -0.05) is 55.0 Å². The molecule has 3 aromatic rings. The van der Waals surface area contributed by atoms with E-state index in [4.69, 9.17) is 4.74 Å². The molecule has 0 saturated heterocycles. The van der Waals surface area contributed by atoms with Crippen LogP contribution in [0.1, 0.15) is 52.2 Å². The minimum Gasteiger partial charge on any atom is -0.494 e. The van der Waals surface area contributed by atoms with Gasteiger partial charge in [0.2, 0.25) is 11.8 Å². The number of sulfonamides is 1. The molecule has 3 aromatic carbocycles. The van der Waals surface area contributed by atoms with Crippen LogP contribution in [0.15, 0.2) is 83.8 Å². The Labute approximate surface area is 244 Å². The lowest BCUT2D eigenvalue weighted by Gasteiger charge is -2.34. The summed E-state index contributed by atoms with van der Waals surface area (Å²) in [5, 5.41) is 2.98. The number of carbonyl (C=O) groups excluding carboxylic acids is 2. The van der Waals surface area contributed by atoms with Gasteiger partial charge >= 0.3 is 0 Å². The molecule has 9 heteroatoms. The minimum atomic E-state index is -4.14. The summed E-state index contributed by atoms with van der Waals surface area (Å²) in [6.45, 7) is 11.4. The number of hydrogen-bond donors (Lipinski definition) is 1. The minimum absolute atomic E-state index is 0.0280. The second kappa shape index (κ2) is 13.7. The number of nitrogens with one attached hydrogen (secondary N) is 1. The predicted molar refractivity (Wildman–Crippen MR) is 162 cm³/mol. The third kappa shape index (κ3) is 8.57. The van der Waals surface area contributed by atoms with Crippen LogP contribution in [0.25, 0.3) is 0 Å². The lowest BCUT2D eigenvalue weighted by molar-refractivity contribution is -0.141. The van der Waals surface area contributed by atoms with Gasteiger partial charge in [-0.15, -0.1) is 0 Å². The van der Waals surface area contributed by atoms with Crippen molar-refractivity contribution in [2.24, 2.45) is 0 Å². The number of aryl methyl sites for hydroxylation is 1. The first-order chi connectivity index (χ1) is 19.4. The van der Waals surface area contributed by atoms with E-state index in [0.29, 0.717) is 24.5 Å². The summed E-state index contributed by atoms with van der Waals surface area (Å²) in [7, 11) is -4.14. The van der Waals surface area contributed by atoms with Crippen molar-refractivity contribution in [3.63, 3.8) is 0 Å². The third-order valence-corrected chi connectivity index (χ3v) is 8.19. The van der Waals surface area contributed by atoms with E-state index in [1.54, 1.807) is 42.5 Å². The third-order valence-electron chi connectivity index (χ3n) is 6.40. The van der Waals surface area contributed by atoms with Crippen LogP contribution in [0.4, 0.5) is 5.69 Å². The molecule has 3 rings (SSSR count). The molecule has 1 N–H and O–H groups in total.